The van der Waals surface area contributed by atoms with Crippen LogP contribution in [-0.4, -0.2) is 11.8 Å². The van der Waals surface area contributed by atoms with Crippen LogP contribution >= 0.6 is 0 Å². The van der Waals surface area contributed by atoms with Crippen LogP contribution in [0.3, 0.4) is 0 Å². The van der Waals surface area contributed by atoms with E-state index >= 15 is 0 Å². The van der Waals surface area contributed by atoms with Crippen LogP contribution in [-0.2, 0) is 4.74 Å². The van der Waals surface area contributed by atoms with Gasteiger partial charge in [0.1, 0.15) is 5.60 Å². The van der Waals surface area contributed by atoms with E-state index in [0.717, 1.165) is 12.8 Å². The predicted octanol–water partition coefficient (Wildman–Crippen LogP) is 3.92. The molecule has 0 amide bonds. The third kappa shape index (κ3) is 4.43. The van der Waals surface area contributed by atoms with Gasteiger partial charge in [0.15, 0.2) is 11.6 Å². The van der Waals surface area contributed by atoms with E-state index in [-0.39, 0.29) is 5.75 Å². The average Bonchev–Trinajstić information content (AvgIpc) is 2.20. The number of benzene rings is 1. The number of hydrogen-bond acceptors (Lipinski definition) is 3. The Morgan fingerprint density at radius 3 is 2.59 bits per heavy atom. The first-order chi connectivity index (χ1) is 7.94. The molecular weight excluding hydrogens is 223 g/mol. The maximum absolute atomic E-state index is 13.2. The van der Waals surface area contributed by atoms with Gasteiger partial charge in [0.2, 0.25) is 0 Å². The van der Waals surface area contributed by atoms with Crippen LogP contribution in [0.5, 0.6) is 5.75 Å². The lowest BCUT2D eigenvalue weighted by Crippen LogP contribution is -2.29. The minimum absolute atomic E-state index is 0.121. The lowest BCUT2D eigenvalue weighted by molar-refractivity contribution is 0.00318. The van der Waals surface area contributed by atoms with Crippen molar-refractivity contribution in [2.24, 2.45) is 0 Å². The molecule has 0 N–H and O–H groups in total. The Bertz CT molecular complexity index is 388. The van der Waals surface area contributed by atoms with Gasteiger partial charge in [-0.1, -0.05) is 25.5 Å². The highest BCUT2D eigenvalue weighted by molar-refractivity contribution is 5.64. The summed E-state index contributed by atoms with van der Waals surface area (Å²) in [6, 6.07) is 5.71. The van der Waals surface area contributed by atoms with Crippen LogP contribution in [0, 0.1) is 5.82 Å². The fourth-order valence-electron chi connectivity index (χ4n) is 1.52. The molecule has 0 unspecified atom stereocenters. The molecule has 0 heterocycles. The van der Waals surface area contributed by atoms with Gasteiger partial charge in [-0.05, 0) is 32.4 Å². The third-order valence-corrected chi connectivity index (χ3v) is 2.24. The van der Waals surface area contributed by atoms with Crippen molar-refractivity contribution in [1.82, 2.24) is 0 Å². The van der Waals surface area contributed by atoms with Crippen molar-refractivity contribution in [2.75, 3.05) is 0 Å². The first-order valence-electron chi connectivity index (χ1n) is 5.60. The summed E-state index contributed by atoms with van der Waals surface area (Å²) in [5.41, 5.74) is -0.600. The van der Waals surface area contributed by atoms with E-state index in [1.54, 1.807) is 19.9 Å². The van der Waals surface area contributed by atoms with Crippen molar-refractivity contribution < 1.29 is 18.7 Å². The third-order valence-electron chi connectivity index (χ3n) is 2.24. The fraction of sp³-hybridized carbons (Fsp3) is 0.462. The van der Waals surface area contributed by atoms with Gasteiger partial charge >= 0.3 is 6.16 Å². The number of carbonyl (C=O) groups excluding carboxylic acids is 1. The lowest BCUT2D eigenvalue weighted by atomic mass is 10.0. The summed E-state index contributed by atoms with van der Waals surface area (Å²) < 4.78 is 23.1. The summed E-state index contributed by atoms with van der Waals surface area (Å²) in [6.45, 7) is 5.57. The van der Waals surface area contributed by atoms with Gasteiger partial charge in [-0.2, -0.15) is 0 Å². The Kier molecular flexibility index (Phi) is 4.49. The minimum Gasteiger partial charge on any atom is -0.428 e. The molecule has 0 aliphatic heterocycles. The van der Waals surface area contributed by atoms with Crippen LogP contribution < -0.4 is 4.74 Å². The summed E-state index contributed by atoms with van der Waals surface area (Å²) >= 11 is 0. The summed E-state index contributed by atoms with van der Waals surface area (Å²) in [7, 11) is 0. The normalized spacial score (nSPS) is 11.1. The molecule has 0 aliphatic rings. The summed E-state index contributed by atoms with van der Waals surface area (Å²) in [5.74, 6) is -0.706. The molecule has 1 aromatic rings. The van der Waals surface area contributed by atoms with E-state index in [1.807, 2.05) is 6.92 Å². The number of ether oxygens (including phenoxy) is 2. The average molecular weight is 240 g/mol. The molecule has 3 nitrogen and oxygen atoms in total. The Balaban J connectivity index is 2.59. The molecule has 0 aromatic heterocycles. The van der Waals surface area contributed by atoms with Gasteiger partial charge in [-0.3, -0.25) is 0 Å². The van der Waals surface area contributed by atoms with Crippen molar-refractivity contribution in [2.45, 2.75) is 39.2 Å². The van der Waals surface area contributed by atoms with Crippen LogP contribution in [0.25, 0.3) is 0 Å². The minimum atomic E-state index is -0.881. The maximum Gasteiger partial charge on any atom is 0.514 e. The molecule has 0 spiro atoms. The number of hydrogen-bond donors (Lipinski definition) is 0. The monoisotopic (exact) mass is 240 g/mol. The van der Waals surface area contributed by atoms with Gasteiger partial charge in [-0.15, -0.1) is 0 Å². The van der Waals surface area contributed by atoms with Gasteiger partial charge in [0, 0.05) is 0 Å². The second-order valence-electron chi connectivity index (χ2n) is 4.39. The smallest absolute Gasteiger partial charge is 0.428 e. The highest BCUT2D eigenvalue weighted by Crippen LogP contribution is 2.20. The molecule has 17 heavy (non-hydrogen) atoms. The van der Waals surface area contributed by atoms with Crippen molar-refractivity contribution in [3.8, 4) is 5.75 Å². The quantitative estimate of drug-likeness (QED) is 0.591. The van der Waals surface area contributed by atoms with Crippen LogP contribution in [0.4, 0.5) is 9.18 Å². The second kappa shape index (κ2) is 5.66. The largest absolute Gasteiger partial charge is 0.514 e. The Labute approximate surface area is 101 Å². The Morgan fingerprint density at radius 2 is 2.00 bits per heavy atom. The van der Waals surface area contributed by atoms with E-state index < -0.39 is 17.6 Å². The number of para-hydroxylation sites is 1. The van der Waals surface area contributed by atoms with Gasteiger partial charge in [-0.25, -0.2) is 9.18 Å². The molecule has 0 fully saturated rings. The van der Waals surface area contributed by atoms with Crippen LogP contribution in [0.15, 0.2) is 24.3 Å². The molecule has 0 atom stereocenters. The lowest BCUT2D eigenvalue weighted by Gasteiger charge is -2.23. The zero-order valence-corrected chi connectivity index (χ0v) is 10.3. The van der Waals surface area contributed by atoms with Gasteiger partial charge in [0.05, 0.1) is 0 Å². The van der Waals surface area contributed by atoms with E-state index in [4.69, 9.17) is 9.47 Å². The molecule has 1 aromatic carbocycles. The fourth-order valence-corrected chi connectivity index (χ4v) is 1.52. The van der Waals surface area contributed by atoms with E-state index in [1.165, 1.54) is 18.2 Å². The summed E-state index contributed by atoms with van der Waals surface area (Å²) in [5, 5.41) is 0. The highest BCUT2D eigenvalue weighted by atomic mass is 19.1. The van der Waals surface area contributed by atoms with E-state index in [2.05, 4.69) is 0 Å². The standard InChI is InChI=1S/C13H17FO3/c1-4-9-13(2,3)17-12(15)16-11-8-6-5-7-10(11)14/h5-8H,4,9H2,1-3H3. The molecule has 0 saturated carbocycles. The molecular formula is C13H17FO3. The number of rotatable bonds is 4. The summed E-state index contributed by atoms with van der Waals surface area (Å²) in [4.78, 5) is 11.4. The van der Waals surface area contributed by atoms with Crippen LogP contribution in [0.1, 0.15) is 33.6 Å². The molecule has 94 valence electrons. The molecule has 0 aliphatic carbocycles. The van der Waals surface area contributed by atoms with Crippen LogP contribution in [0.2, 0.25) is 0 Å². The first-order valence-corrected chi connectivity index (χ1v) is 5.60. The second-order valence-corrected chi connectivity index (χ2v) is 4.39. The van der Waals surface area contributed by atoms with Gasteiger partial charge in [0.25, 0.3) is 0 Å². The topological polar surface area (TPSA) is 35.5 Å². The SMILES string of the molecule is CCCC(C)(C)OC(=O)Oc1ccccc1F. The Hall–Kier alpha value is -1.58. The first kappa shape index (κ1) is 13.5. The predicted molar refractivity (Wildman–Crippen MR) is 62.5 cm³/mol. The number of carbonyl (C=O) groups is 1. The van der Waals surface area contributed by atoms with Crippen molar-refractivity contribution >= 4 is 6.16 Å². The number of halogens is 1. The molecule has 0 bridgehead atoms. The Morgan fingerprint density at radius 1 is 1.35 bits per heavy atom. The molecule has 0 saturated heterocycles. The van der Waals surface area contributed by atoms with E-state index in [9.17, 15) is 9.18 Å². The van der Waals surface area contributed by atoms with E-state index in [0.29, 0.717) is 0 Å². The highest BCUT2D eigenvalue weighted by Gasteiger charge is 2.23. The zero-order chi connectivity index (χ0) is 12.9. The molecule has 1 rings (SSSR count). The summed E-state index contributed by atoms with van der Waals surface area (Å²) in [6.07, 6.45) is 0.729. The van der Waals surface area contributed by atoms with Crippen molar-refractivity contribution in [1.29, 1.82) is 0 Å². The van der Waals surface area contributed by atoms with Gasteiger partial charge < -0.3 is 9.47 Å². The molecule has 0 radical (unpaired) electrons. The van der Waals surface area contributed by atoms with Crippen molar-refractivity contribution in [3.63, 3.8) is 0 Å². The van der Waals surface area contributed by atoms with Crippen molar-refractivity contribution in [3.05, 3.63) is 30.1 Å². The zero-order valence-electron chi connectivity index (χ0n) is 10.3. The maximum atomic E-state index is 13.2. The molecule has 4 heteroatoms.